The lowest BCUT2D eigenvalue weighted by molar-refractivity contribution is -0.120. The van der Waals surface area contributed by atoms with Crippen molar-refractivity contribution >= 4 is 51.4 Å². The van der Waals surface area contributed by atoms with Crippen molar-refractivity contribution in [2.75, 3.05) is 34.4 Å². The number of para-hydroxylation sites is 2. The highest BCUT2D eigenvalue weighted by Crippen LogP contribution is 2.31. The minimum absolute atomic E-state index is 0.0265. The number of benzene rings is 1. The molecule has 9 heteroatoms. The minimum Gasteiger partial charge on any atom is -0.357 e. The molecule has 1 aromatic heterocycles. The van der Waals surface area contributed by atoms with Crippen molar-refractivity contribution in [1.29, 1.82) is 0 Å². The van der Waals surface area contributed by atoms with E-state index in [1.807, 2.05) is 18.2 Å². The number of carbonyl (C=O) groups is 2. The summed E-state index contributed by atoms with van der Waals surface area (Å²) in [4.78, 5) is 25.8. The molecule has 1 aliphatic rings. The van der Waals surface area contributed by atoms with Crippen LogP contribution in [0.15, 0.2) is 41.3 Å². The normalized spacial score (nSPS) is 13.2. The number of amides is 2. The van der Waals surface area contributed by atoms with Crippen LogP contribution in [0.3, 0.4) is 0 Å². The van der Waals surface area contributed by atoms with Crippen molar-refractivity contribution in [3.63, 3.8) is 0 Å². The fourth-order valence-electron chi connectivity index (χ4n) is 2.16. The Bertz CT molecular complexity index is 777. The number of hydrogen-bond acceptors (Lipinski definition) is 7. The number of hydrogen-bond donors (Lipinski definition) is 2. The maximum atomic E-state index is 12.5. The summed E-state index contributed by atoms with van der Waals surface area (Å²) in [5, 5.41) is 14.5. The number of nitrogens with zero attached hydrogens (tertiary/aromatic N) is 3. The van der Waals surface area contributed by atoms with Gasteiger partial charge in [0.15, 0.2) is 4.34 Å². The van der Waals surface area contributed by atoms with Crippen LogP contribution >= 0.6 is 23.1 Å². The van der Waals surface area contributed by atoms with E-state index >= 15 is 0 Å². The third kappa shape index (κ3) is 3.74. The van der Waals surface area contributed by atoms with Gasteiger partial charge in [0.2, 0.25) is 16.9 Å². The zero-order valence-corrected chi connectivity index (χ0v) is 14.3. The number of aromatic nitrogens is 2. The summed E-state index contributed by atoms with van der Waals surface area (Å²) in [6.45, 7) is 4.26. The molecule has 1 aromatic carbocycles. The number of thioether (sulfide) groups is 1. The van der Waals surface area contributed by atoms with Crippen molar-refractivity contribution in [3.8, 4) is 0 Å². The quantitative estimate of drug-likeness (QED) is 0.606. The molecule has 124 valence electrons. The van der Waals surface area contributed by atoms with E-state index in [0.717, 1.165) is 0 Å². The molecular formula is C15H15N5O2S2. The summed E-state index contributed by atoms with van der Waals surface area (Å²) >= 11 is 2.69. The second-order valence-corrected chi connectivity index (χ2v) is 7.08. The summed E-state index contributed by atoms with van der Waals surface area (Å²) < 4.78 is 0.699. The van der Waals surface area contributed by atoms with Gasteiger partial charge >= 0.3 is 0 Å². The van der Waals surface area contributed by atoms with E-state index in [1.54, 1.807) is 12.1 Å². The van der Waals surface area contributed by atoms with Crippen LogP contribution < -0.4 is 15.5 Å². The standard InChI is InChI=1S/C15H15N5O2S2/c1-2-7-16-14-18-19-15(24-14)23-9-13(22)20-8-12(21)17-10-5-3-4-6-11(10)20/h2-6H,1,7-9H2,(H,16,18)(H,17,21). The maximum absolute atomic E-state index is 12.5. The molecule has 24 heavy (non-hydrogen) atoms. The van der Waals surface area contributed by atoms with Crippen LogP contribution in [0.2, 0.25) is 0 Å². The third-order valence-corrected chi connectivity index (χ3v) is 5.19. The molecule has 2 N–H and O–H groups in total. The molecular weight excluding hydrogens is 346 g/mol. The molecule has 0 aliphatic carbocycles. The zero-order valence-electron chi connectivity index (χ0n) is 12.7. The average Bonchev–Trinajstić information content (AvgIpc) is 3.05. The van der Waals surface area contributed by atoms with E-state index < -0.39 is 0 Å². The molecule has 7 nitrogen and oxygen atoms in total. The van der Waals surface area contributed by atoms with Gasteiger partial charge in [-0.25, -0.2) is 0 Å². The molecule has 0 spiro atoms. The van der Waals surface area contributed by atoms with E-state index in [1.165, 1.54) is 28.0 Å². The van der Waals surface area contributed by atoms with Gasteiger partial charge in [-0.2, -0.15) is 0 Å². The number of nitrogens with one attached hydrogen (secondary N) is 2. The van der Waals surface area contributed by atoms with Gasteiger partial charge in [-0.1, -0.05) is 41.3 Å². The molecule has 0 radical (unpaired) electrons. The number of rotatable bonds is 6. The predicted molar refractivity (Wildman–Crippen MR) is 96.7 cm³/mol. The van der Waals surface area contributed by atoms with Crippen LogP contribution in [-0.2, 0) is 9.59 Å². The Morgan fingerprint density at radius 1 is 1.46 bits per heavy atom. The lowest BCUT2D eigenvalue weighted by Crippen LogP contribution is -2.43. The van der Waals surface area contributed by atoms with Crippen LogP contribution in [0.4, 0.5) is 16.5 Å². The Hall–Kier alpha value is -2.39. The van der Waals surface area contributed by atoms with Gasteiger partial charge in [0.05, 0.1) is 17.1 Å². The van der Waals surface area contributed by atoms with Crippen molar-refractivity contribution < 1.29 is 9.59 Å². The lowest BCUT2D eigenvalue weighted by atomic mass is 10.2. The maximum Gasteiger partial charge on any atom is 0.244 e. The second kappa shape index (κ2) is 7.45. The van der Waals surface area contributed by atoms with E-state index in [0.29, 0.717) is 27.4 Å². The Balaban J connectivity index is 1.64. The topological polar surface area (TPSA) is 87.2 Å². The van der Waals surface area contributed by atoms with Crippen molar-refractivity contribution in [2.24, 2.45) is 0 Å². The van der Waals surface area contributed by atoms with Gasteiger partial charge in [-0.05, 0) is 12.1 Å². The van der Waals surface area contributed by atoms with Gasteiger partial charge in [-0.15, -0.1) is 16.8 Å². The molecule has 0 atom stereocenters. The van der Waals surface area contributed by atoms with Crippen LogP contribution in [0.1, 0.15) is 0 Å². The fourth-order valence-corrected chi connectivity index (χ4v) is 3.79. The molecule has 0 saturated carbocycles. The van der Waals surface area contributed by atoms with Gasteiger partial charge in [0.25, 0.3) is 0 Å². The highest BCUT2D eigenvalue weighted by Gasteiger charge is 2.26. The van der Waals surface area contributed by atoms with Crippen LogP contribution in [0, 0.1) is 0 Å². The molecule has 3 rings (SSSR count). The first-order valence-corrected chi connectivity index (χ1v) is 8.98. The van der Waals surface area contributed by atoms with Crippen LogP contribution in [-0.4, -0.2) is 40.9 Å². The SMILES string of the molecule is C=CCNc1nnc(SCC(=O)N2CC(=O)Nc3ccccc32)s1. The van der Waals surface area contributed by atoms with Crippen molar-refractivity contribution in [3.05, 3.63) is 36.9 Å². The number of anilines is 3. The molecule has 2 heterocycles. The molecule has 1 aliphatic heterocycles. The number of fused-ring (bicyclic) bond motifs is 1. The first-order chi connectivity index (χ1) is 11.7. The molecule has 0 unspecified atom stereocenters. The molecule has 2 aromatic rings. The molecule has 2 amide bonds. The van der Waals surface area contributed by atoms with E-state index in [-0.39, 0.29) is 24.1 Å². The van der Waals surface area contributed by atoms with Crippen molar-refractivity contribution in [1.82, 2.24) is 10.2 Å². The smallest absolute Gasteiger partial charge is 0.244 e. The monoisotopic (exact) mass is 361 g/mol. The summed E-state index contributed by atoms with van der Waals surface area (Å²) in [5.74, 6) is -0.144. The van der Waals surface area contributed by atoms with Gasteiger partial charge < -0.3 is 15.5 Å². The molecule has 0 fully saturated rings. The first-order valence-electron chi connectivity index (χ1n) is 7.17. The molecule has 0 bridgehead atoms. The van der Waals surface area contributed by atoms with Gasteiger partial charge in [-0.3, -0.25) is 9.59 Å². The summed E-state index contributed by atoms with van der Waals surface area (Å²) in [7, 11) is 0. The highest BCUT2D eigenvalue weighted by atomic mass is 32.2. The lowest BCUT2D eigenvalue weighted by Gasteiger charge is -2.28. The molecule has 0 saturated heterocycles. The largest absolute Gasteiger partial charge is 0.357 e. The van der Waals surface area contributed by atoms with Gasteiger partial charge in [0.1, 0.15) is 6.54 Å². The minimum atomic E-state index is -0.195. The highest BCUT2D eigenvalue weighted by molar-refractivity contribution is 8.01. The van der Waals surface area contributed by atoms with Crippen LogP contribution in [0.25, 0.3) is 0 Å². The average molecular weight is 361 g/mol. The van der Waals surface area contributed by atoms with E-state index in [4.69, 9.17) is 0 Å². The van der Waals surface area contributed by atoms with Crippen LogP contribution in [0.5, 0.6) is 0 Å². The Labute approximate surface area is 147 Å². The zero-order chi connectivity index (χ0) is 16.9. The summed E-state index contributed by atoms with van der Waals surface area (Å²) in [6, 6.07) is 7.26. The Morgan fingerprint density at radius 2 is 2.29 bits per heavy atom. The van der Waals surface area contributed by atoms with Crippen molar-refractivity contribution in [2.45, 2.75) is 4.34 Å². The Morgan fingerprint density at radius 3 is 3.12 bits per heavy atom. The van der Waals surface area contributed by atoms with E-state index in [9.17, 15) is 9.59 Å². The second-order valence-electron chi connectivity index (χ2n) is 4.88. The number of carbonyl (C=O) groups excluding carboxylic acids is 2. The predicted octanol–water partition coefficient (Wildman–Crippen LogP) is 2.21. The summed E-state index contributed by atoms with van der Waals surface area (Å²) in [5.41, 5.74) is 1.37. The first kappa shape index (κ1) is 16.5. The third-order valence-electron chi connectivity index (χ3n) is 3.19. The van der Waals surface area contributed by atoms with E-state index in [2.05, 4.69) is 27.4 Å². The summed E-state index contributed by atoms with van der Waals surface area (Å²) in [6.07, 6.45) is 1.73. The Kier molecular flexibility index (Phi) is 5.11. The fraction of sp³-hybridized carbons (Fsp3) is 0.200. The van der Waals surface area contributed by atoms with Gasteiger partial charge in [0, 0.05) is 6.54 Å².